The Morgan fingerprint density at radius 1 is 0.562 bits per heavy atom. The van der Waals surface area contributed by atoms with Crippen LogP contribution in [0, 0.1) is 0 Å². The summed E-state index contributed by atoms with van der Waals surface area (Å²) in [4.78, 5) is 15.5. The minimum atomic E-state index is -1.21. The number of rotatable bonds is 6. The van der Waals surface area contributed by atoms with Gasteiger partial charge in [0.15, 0.2) is 0 Å². The van der Waals surface area contributed by atoms with Crippen LogP contribution in [-0.4, -0.2) is 22.6 Å². The average molecular weight is 861 g/mol. The van der Waals surface area contributed by atoms with Crippen molar-refractivity contribution < 1.29 is 28.2 Å². The summed E-state index contributed by atoms with van der Waals surface area (Å²) in [6.07, 6.45) is 0.759. The zero-order valence-electron chi connectivity index (χ0n) is 36.2. The molecule has 0 fully saturated rings. The maximum absolute atomic E-state index is 13.6. The molecular weight excluding hydrogens is 817 g/mol. The van der Waals surface area contributed by atoms with E-state index < -0.39 is 23.1 Å². The molecule has 1 aliphatic rings. The number of hydrogen-bond acceptors (Lipinski definition) is 8. The van der Waals surface area contributed by atoms with E-state index in [9.17, 15) is 9.90 Å². The Morgan fingerprint density at radius 2 is 1.14 bits per heavy atom. The molecule has 316 valence electrons. The fourth-order valence-corrected chi connectivity index (χ4v) is 9.99. The van der Waals surface area contributed by atoms with Crippen LogP contribution in [0.2, 0.25) is 0 Å². The predicted octanol–water partition coefficient (Wildman–Crippen LogP) is 14.7. The summed E-state index contributed by atoms with van der Waals surface area (Å²) in [6, 6.07) is 46.7. The molecule has 0 bridgehead atoms. The zero-order chi connectivity index (χ0) is 44.1. The lowest BCUT2D eigenvalue weighted by molar-refractivity contribution is 0.0309. The Morgan fingerprint density at radius 3 is 1.80 bits per heavy atom. The highest BCUT2D eigenvalue weighted by molar-refractivity contribution is 7.16. The predicted molar refractivity (Wildman–Crippen MR) is 261 cm³/mol. The highest BCUT2D eigenvalue weighted by Gasteiger charge is 2.30. The molecule has 0 aliphatic carbocycles. The summed E-state index contributed by atoms with van der Waals surface area (Å²) >= 11 is 1.59. The van der Waals surface area contributed by atoms with Gasteiger partial charge < -0.3 is 28.2 Å². The molecule has 0 saturated heterocycles. The Bertz CT molecular complexity index is 3550. The largest absolute Gasteiger partial charge is 0.488 e. The van der Waals surface area contributed by atoms with E-state index in [2.05, 4.69) is 60.7 Å². The van der Waals surface area contributed by atoms with Crippen LogP contribution < -0.4 is 19.8 Å². The number of ether oxygens (including phenoxy) is 3. The van der Waals surface area contributed by atoms with Gasteiger partial charge in [0.05, 0.1) is 5.56 Å². The third-order valence-electron chi connectivity index (χ3n) is 11.5. The van der Waals surface area contributed by atoms with Crippen molar-refractivity contribution in [2.45, 2.75) is 59.0 Å². The molecule has 1 aliphatic heterocycles. The molecule has 10 aromatic rings. The molecule has 0 spiro atoms. The zero-order valence-corrected chi connectivity index (χ0v) is 37.1. The lowest BCUT2D eigenvalue weighted by Crippen LogP contribution is -2.26. The maximum Gasteiger partial charge on any atom is 0.347 e. The van der Waals surface area contributed by atoms with Gasteiger partial charge in [0, 0.05) is 44.0 Å². The van der Waals surface area contributed by atoms with Gasteiger partial charge in [-0.15, -0.1) is 11.3 Å². The van der Waals surface area contributed by atoms with E-state index in [0.717, 1.165) is 74.9 Å². The number of benzene rings is 7. The van der Waals surface area contributed by atoms with Gasteiger partial charge in [-0.05, 0) is 145 Å². The number of hydrogen-bond donors (Lipinski definition) is 1. The summed E-state index contributed by atoms with van der Waals surface area (Å²) in [5.74, 6) is 2.78. The molecule has 0 radical (unpaired) electrons. The fraction of sp³-hybridized carbons (Fsp3) is 0.161. The monoisotopic (exact) mass is 860 g/mol. The Balaban J connectivity index is 0.999. The van der Waals surface area contributed by atoms with E-state index in [1.165, 1.54) is 0 Å². The van der Waals surface area contributed by atoms with Crippen LogP contribution in [-0.2, 0) is 0 Å². The van der Waals surface area contributed by atoms with E-state index in [1.807, 2.05) is 126 Å². The highest BCUT2D eigenvalue weighted by atomic mass is 32.1. The standard InChI is InChI=1S/C56H44O7S/c1-55(2,3)62-36-28-47-41(48(29-36)63-56(4,5)6)30-43(54(58)61-47)49-21-22-50(64-49)52-39-17-11-9-15-37(39)51(38-16-10-12-18-40(38)52)45-20-19-44(59-45)42-26-35-25-33-23-31-13-7-8-14-32(31)24-34(33)27-46(35)60-53(42)57/h7-30,54,58H,1-6H3. The number of thiophene rings is 1. The van der Waals surface area contributed by atoms with Gasteiger partial charge in [-0.3, -0.25) is 0 Å². The fourth-order valence-electron chi connectivity index (χ4n) is 8.88. The number of aliphatic hydroxyl groups is 1. The summed E-state index contributed by atoms with van der Waals surface area (Å²) in [7, 11) is 0. The second kappa shape index (κ2) is 14.7. The summed E-state index contributed by atoms with van der Waals surface area (Å²) in [5, 5.41) is 20.8. The van der Waals surface area contributed by atoms with Gasteiger partial charge in [-0.2, -0.15) is 0 Å². The van der Waals surface area contributed by atoms with Gasteiger partial charge >= 0.3 is 5.63 Å². The quantitative estimate of drug-likeness (QED) is 0.131. The molecule has 64 heavy (non-hydrogen) atoms. The first-order valence-corrected chi connectivity index (χ1v) is 22.2. The smallest absolute Gasteiger partial charge is 0.347 e. The molecule has 0 saturated carbocycles. The van der Waals surface area contributed by atoms with Crippen molar-refractivity contribution in [3.8, 4) is 50.3 Å². The minimum Gasteiger partial charge on any atom is -0.488 e. The van der Waals surface area contributed by atoms with Crippen LogP contribution in [0.3, 0.4) is 0 Å². The molecule has 3 aromatic heterocycles. The molecule has 1 unspecified atom stereocenters. The third kappa shape index (κ3) is 7.09. The van der Waals surface area contributed by atoms with E-state index in [-0.39, 0.29) is 0 Å². The van der Waals surface area contributed by atoms with Gasteiger partial charge in [0.2, 0.25) is 6.29 Å². The first-order valence-electron chi connectivity index (χ1n) is 21.4. The molecule has 8 heteroatoms. The normalized spacial score (nSPS) is 14.3. The van der Waals surface area contributed by atoms with Crippen LogP contribution in [0.1, 0.15) is 52.0 Å². The van der Waals surface area contributed by atoms with E-state index in [4.69, 9.17) is 23.0 Å². The van der Waals surface area contributed by atoms with Crippen LogP contribution in [0.15, 0.2) is 153 Å². The van der Waals surface area contributed by atoms with Crippen molar-refractivity contribution in [2.75, 3.05) is 0 Å². The number of aliphatic hydroxyl groups excluding tert-OH is 1. The molecular formula is C56H44O7S. The average Bonchev–Trinajstić information content (AvgIpc) is 3.93. The van der Waals surface area contributed by atoms with E-state index in [1.54, 1.807) is 11.3 Å². The van der Waals surface area contributed by atoms with Gasteiger partial charge in [-0.1, -0.05) is 72.8 Å². The van der Waals surface area contributed by atoms with E-state index in [0.29, 0.717) is 45.5 Å². The molecule has 4 heterocycles. The van der Waals surface area contributed by atoms with Crippen molar-refractivity contribution in [3.63, 3.8) is 0 Å². The number of furan rings is 1. The summed E-state index contributed by atoms with van der Waals surface area (Å²) < 4.78 is 31.5. The molecule has 0 amide bonds. The minimum absolute atomic E-state index is 0.358. The molecule has 7 nitrogen and oxygen atoms in total. The SMILES string of the molecule is CC(C)(C)Oc1cc2c(c(OC(C)(C)C)c1)C=C(c1ccc(-c3c4ccccc4c(-c4ccc(-c5cc6cc7cc8ccccc8cc7cc6oc5=O)o4)c4ccccc34)s1)C(O)O2. The second-order valence-electron chi connectivity index (χ2n) is 18.4. The molecule has 1 N–H and O–H groups in total. The Hall–Kier alpha value is -7.13. The lowest BCUT2D eigenvalue weighted by Gasteiger charge is -2.29. The highest BCUT2D eigenvalue weighted by Crippen LogP contribution is 2.49. The van der Waals surface area contributed by atoms with Crippen LogP contribution in [0.5, 0.6) is 17.2 Å². The van der Waals surface area contributed by atoms with E-state index >= 15 is 0 Å². The first-order chi connectivity index (χ1) is 30.7. The van der Waals surface area contributed by atoms with Crippen molar-refractivity contribution in [2.24, 2.45) is 0 Å². The van der Waals surface area contributed by atoms with Crippen LogP contribution in [0.4, 0.5) is 0 Å². The van der Waals surface area contributed by atoms with Gasteiger partial charge in [0.1, 0.15) is 51.1 Å². The number of fused-ring (bicyclic) bond motifs is 6. The first kappa shape index (κ1) is 39.7. The molecule has 1 atom stereocenters. The topological polar surface area (TPSA) is 91.3 Å². The Kier molecular flexibility index (Phi) is 9.14. The van der Waals surface area contributed by atoms with Crippen molar-refractivity contribution in [3.05, 3.63) is 160 Å². The molecule has 7 aromatic carbocycles. The van der Waals surface area contributed by atoms with Crippen molar-refractivity contribution >= 4 is 77.0 Å². The summed E-state index contributed by atoms with van der Waals surface area (Å²) in [5.41, 5.74) is 2.88. The Labute approximate surface area is 373 Å². The second-order valence-corrected chi connectivity index (χ2v) is 19.5. The summed E-state index contributed by atoms with van der Waals surface area (Å²) in [6.45, 7) is 12.0. The lowest BCUT2D eigenvalue weighted by atomic mass is 9.90. The van der Waals surface area contributed by atoms with Gasteiger partial charge in [0.25, 0.3) is 0 Å². The molecule has 11 rings (SSSR count). The van der Waals surface area contributed by atoms with Crippen molar-refractivity contribution in [1.82, 2.24) is 0 Å². The maximum atomic E-state index is 13.6. The van der Waals surface area contributed by atoms with Crippen LogP contribution in [0.25, 0.3) is 98.8 Å². The van der Waals surface area contributed by atoms with Crippen LogP contribution >= 0.6 is 11.3 Å². The third-order valence-corrected chi connectivity index (χ3v) is 12.6. The van der Waals surface area contributed by atoms with Gasteiger partial charge in [-0.25, -0.2) is 4.79 Å². The van der Waals surface area contributed by atoms with Crippen molar-refractivity contribution in [1.29, 1.82) is 0 Å².